The minimum Gasteiger partial charge on any atom is -0.320 e. The van der Waals surface area contributed by atoms with Crippen LogP contribution in [0.4, 0.5) is 0 Å². The van der Waals surface area contributed by atoms with Crippen molar-refractivity contribution in [3.05, 3.63) is 30.3 Å². The van der Waals surface area contributed by atoms with Gasteiger partial charge in [-0.1, -0.05) is 0 Å². The Kier molecular flexibility index (Phi) is 4.47. The van der Waals surface area contributed by atoms with Crippen molar-refractivity contribution in [2.24, 2.45) is 35.5 Å². The third kappa shape index (κ3) is 2.58. The van der Waals surface area contributed by atoms with Crippen molar-refractivity contribution in [1.82, 2.24) is 0 Å². The van der Waals surface area contributed by atoms with Crippen LogP contribution in [0.2, 0.25) is 0 Å². The van der Waals surface area contributed by atoms with Crippen molar-refractivity contribution in [3.63, 3.8) is 0 Å². The molecule has 1 nitrogen and oxygen atoms in total. The molecule has 0 N–H and O–H groups in total. The topological polar surface area (TPSA) is 17.1 Å². The third-order valence-corrected chi connectivity index (χ3v) is 15.1. The normalized spacial score (nSPS) is 50.9. The Morgan fingerprint density at radius 1 is 0.690 bits per heavy atom. The summed E-state index contributed by atoms with van der Waals surface area (Å²) in [6.45, 7) is 0. The molecule has 0 aromatic heterocycles. The molecule has 9 rings (SSSR count). The van der Waals surface area contributed by atoms with Gasteiger partial charge in [0.1, 0.15) is 7.14 Å². The molecule has 1 aromatic carbocycles. The van der Waals surface area contributed by atoms with E-state index < -0.39 is 7.14 Å². The number of hydrogen-bond donors (Lipinski definition) is 0. The van der Waals surface area contributed by atoms with Crippen molar-refractivity contribution >= 4 is 12.4 Å². The molecular weight excluding hydrogens is 551 g/mol. The third-order valence-electron chi connectivity index (χ3n) is 10.4. The number of rotatable bonds is 3. The van der Waals surface area contributed by atoms with Crippen LogP contribution in [0.3, 0.4) is 0 Å². The summed E-state index contributed by atoms with van der Waals surface area (Å²) >= 11 is 0. The molecule has 0 atom stereocenters. The van der Waals surface area contributed by atoms with Crippen LogP contribution in [0.5, 0.6) is 0 Å². The number of benzene rings is 1. The van der Waals surface area contributed by atoms with Crippen LogP contribution >= 0.6 is 7.14 Å². The van der Waals surface area contributed by atoms with E-state index in [2.05, 4.69) is 30.3 Å². The van der Waals surface area contributed by atoms with Gasteiger partial charge in [-0.05, 0) is 113 Å². The van der Waals surface area contributed by atoms with Gasteiger partial charge in [-0.3, -0.25) is 0 Å². The molecule has 0 heterocycles. The molecule has 8 fully saturated rings. The maximum absolute atomic E-state index is 15.9. The van der Waals surface area contributed by atoms with E-state index in [1.165, 1.54) is 82.4 Å². The number of hydrogen-bond acceptors (Lipinski definition) is 1. The average molecular weight is 586 g/mol. The zero-order chi connectivity index (χ0) is 18.6. The Morgan fingerprint density at radius 3 is 1.38 bits per heavy atom. The minimum atomic E-state index is -2.53. The monoisotopic (exact) mass is 586 g/mol. The maximum Gasteiger partial charge on any atom is 0.104 e. The van der Waals surface area contributed by atoms with Gasteiger partial charge >= 0.3 is 0 Å². The van der Waals surface area contributed by atoms with Gasteiger partial charge in [-0.25, -0.2) is 0 Å². The fraction of sp³-hybridized carbons (Fsp3) is 0.769. The summed E-state index contributed by atoms with van der Waals surface area (Å²) in [5, 5.41) is 1.43. The minimum absolute atomic E-state index is 0. The molecule has 0 unspecified atom stereocenters. The van der Waals surface area contributed by atoms with E-state index in [1.807, 2.05) is 0 Å². The molecule has 8 bridgehead atoms. The Morgan fingerprint density at radius 2 is 1.07 bits per heavy atom. The first kappa shape index (κ1) is 19.8. The molecule has 159 valence electrons. The second-order valence-corrected chi connectivity index (χ2v) is 15.7. The molecule has 0 aliphatic heterocycles. The van der Waals surface area contributed by atoms with E-state index >= 15 is 4.57 Å². The maximum atomic E-state index is 15.9. The first-order chi connectivity index (χ1) is 13.6. The predicted molar refractivity (Wildman–Crippen MR) is 114 cm³/mol. The Labute approximate surface area is 189 Å². The van der Waals surface area contributed by atoms with Gasteiger partial charge in [-0.2, -0.15) is 30.3 Å². The quantitative estimate of drug-likeness (QED) is 0.296. The van der Waals surface area contributed by atoms with Crippen LogP contribution in [-0.4, -0.2) is 10.3 Å². The molecule has 0 amide bonds. The molecule has 8 aliphatic rings. The van der Waals surface area contributed by atoms with Gasteiger partial charge in [-0.15, -0.1) is 5.30 Å². The molecule has 0 spiro atoms. The molecule has 1 radical (unpaired) electrons. The summed E-state index contributed by atoms with van der Waals surface area (Å²) in [6.07, 6.45) is 16.3. The molecule has 3 heteroatoms. The summed E-state index contributed by atoms with van der Waals surface area (Å²) < 4.78 is 15.9. The average Bonchev–Trinajstić information content (AvgIpc) is 2.66. The molecular formula is C26H34IrOP-. The molecule has 29 heavy (non-hydrogen) atoms. The summed E-state index contributed by atoms with van der Waals surface area (Å²) in [7, 11) is -2.53. The van der Waals surface area contributed by atoms with Crippen LogP contribution in [-0.2, 0) is 24.7 Å². The first-order valence-corrected chi connectivity index (χ1v) is 13.9. The van der Waals surface area contributed by atoms with E-state index in [0.717, 1.165) is 35.5 Å². The van der Waals surface area contributed by atoms with Crippen LogP contribution in [0, 0.1) is 41.6 Å². The predicted octanol–water partition coefficient (Wildman–Crippen LogP) is 6.41. The SMILES string of the molecule is O=P(c1[c-]cccc1)(C12CC3CC(CC(C3)C1)C2)C12CC3CC(CC(C3)C1)C2.[Ir]. The smallest absolute Gasteiger partial charge is 0.104 e. The van der Waals surface area contributed by atoms with Gasteiger partial charge in [0.05, 0.1) is 0 Å². The van der Waals surface area contributed by atoms with Crippen LogP contribution in [0.1, 0.15) is 77.0 Å². The van der Waals surface area contributed by atoms with Gasteiger partial charge in [0.25, 0.3) is 0 Å². The molecule has 1 aromatic rings. The van der Waals surface area contributed by atoms with Gasteiger partial charge in [0.2, 0.25) is 0 Å². The summed E-state index contributed by atoms with van der Waals surface area (Å²) in [4.78, 5) is 0. The van der Waals surface area contributed by atoms with E-state index in [4.69, 9.17) is 0 Å². The Hall–Kier alpha value is 0.0994. The summed E-state index contributed by atoms with van der Waals surface area (Å²) in [6, 6.07) is 12.1. The summed E-state index contributed by atoms with van der Waals surface area (Å²) in [5.41, 5.74) is 0. The fourth-order valence-electron chi connectivity index (χ4n) is 10.5. The van der Waals surface area contributed by atoms with E-state index in [-0.39, 0.29) is 30.4 Å². The van der Waals surface area contributed by atoms with Crippen molar-refractivity contribution in [2.75, 3.05) is 0 Å². The molecule has 8 saturated carbocycles. The van der Waals surface area contributed by atoms with Gasteiger partial charge in [0, 0.05) is 30.4 Å². The Balaban J connectivity index is 0.00000165. The largest absolute Gasteiger partial charge is 0.320 e. The standard InChI is InChI=1S/C26H34OP.Ir/c27-28(24-4-2-1-3-5-24,25-12-18-6-19(13-25)8-20(7-18)14-25)26-15-21-9-22(16-26)11-23(10-21)17-26;/h1-4,18-23H,6-17H2;/q-1;. The van der Waals surface area contributed by atoms with Gasteiger partial charge < -0.3 is 4.57 Å². The second-order valence-electron chi connectivity index (χ2n) is 12.1. The summed E-state index contributed by atoms with van der Waals surface area (Å²) in [5.74, 6) is 5.23. The first-order valence-electron chi connectivity index (χ1n) is 12.2. The van der Waals surface area contributed by atoms with Crippen molar-refractivity contribution in [3.8, 4) is 0 Å². The zero-order valence-corrected chi connectivity index (χ0v) is 20.7. The van der Waals surface area contributed by atoms with Crippen LogP contribution in [0.25, 0.3) is 0 Å². The van der Waals surface area contributed by atoms with E-state index in [0.29, 0.717) is 0 Å². The van der Waals surface area contributed by atoms with Gasteiger partial charge in [0.15, 0.2) is 0 Å². The second kappa shape index (κ2) is 6.56. The fourth-order valence-corrected chi connectivity index (χ4v) is 16.2. The van der Waals surface area contributed by atoms with Crippen LogP contribution < -0.4 is 5.30 Å². The Bertz CT molecular complexity index is 727. The van der Waals surface area contributed by atoms with Crippen molar-refractivity contribution < 1.29 is 24.7 Å². The zero-order valence-electron chi connectivity index (χ0n) is 17.4. The molecule has 0 saturated heterocycles. The van der Waals surface area contributed by atoms with Crippen LogP contribution in [0.15, 0.2) is 24.3 Å². The molecule has 8 aliphatic carbocycles. The van der Waals surface area contributed by atoms with Crippen molar-refractivity contribution in [1.29, 1.82) is 0 Å². The van der Waals surface area contributed by atoms with E-state index in [9.17, 15) is 0 Å². The van der Waals surface area contributed by atoms with Crippen molar-refractivity contribution in [2.45, 2.75) is 87.4 Å². The van der Waals surface area contributed by atoms with E-state index in [1.54, 1.807) is 0 Å².